The van der Waals surface area contributed by atoms with Gasteiger partial charge in [-0.2, -0.15) is 13.2 Å². The van der Waals surface area contributed by atoms with Gasteiger partial charge in [0.2, 0.25) is 5.82 Å². The summed E-state index contributed by atoms with van der Waals surface area (Å²) in [6.07, 6.45) is 1.76. The summed E-state index contributed by atoms with van der Waals surface area (Å²) in [5, 5.41) is 3.76. The van der Waals surface area contributed by atoms with Crippen LogP contribution in [0.4, 0.5) is 13.2 Å². The minimum atomic E-state index is -4.61. The van der Waals surface area contributed by atoms with Crippen LogP contribution in [0.1, 0.15) is 63.9 Å². The molecule has 3 aromatic rings. The number of aromatic nitrogens is 3. The Morgan fingerprint density at radius 2 is 1.83 bits per heavy atom. The van der Waals surface area contributed by atoms with E-state index in [9.17, 15) is 18.0 Å². The first kappa shape index (κ1) is 23.9. The Labute approximate surface area is 205 Å². The van der Waals surface area contributed by atoms with Crippen molar-refractivity contribution in [2.75, 3.05) is 19.6 Å². The second kappa shape index (κ2) is 9.31. The third-order valence-corrected chi connectivity index (χ3v) is 7.90. The highest BCUT2D eigenvalue weighted by molar-refractivity contribution is 7.14. The van der Waals surface area contributed by atoms with Crippen molar-refractivity contribution in [1.82, 2.24) is 25.2 Å². The number of piperidine rings is 3. The third kappa shape index (κ3) is 5.08. The van der Waals surface area contributed by atoms with Crippen LogP contribution in [-0.2, 0) is 6.18 Å². The summed E-state index contributed by atoms with van der Waals surface area (Å²) < 4.78 is 38.3. The second-order valence-corrected chi connectivity index (χ2v) is 10.6. The van der Waals surface area contributed by atoms with Crippen LogP contribution in [-0.4, -0.2) is 45.4 Å². The third-order valence-electron chi connectivity index (χ3n) is 6.94. The van der Waals surface area contributed by atoms with Gasteiger partial charge < -0.3 is 10.2 Å². The Bertz CT molecular complexity index is 1220. The average molecular weight is 502 g/mol. The van der Waals surface area contributed by atoms with Crippen LogP contribution in [0, 0.1) is 12.8 Å². The lowest BCUT2D eigenvalue weighted by Crippen LogP contribution is -2.46. The van der Waals surface area contributed by atoms with Gasteiger partial charge in [-0.3, -0.25) is 4.79 Å². The number of rotatable bonds is 5. The molecule has 6 nitrogen and oxygen atoms in total. The number of thiazole rings is 1. The quantitative estimate of drug-likeness (QED) is 0.519. The van der Waals surface area contributed by atoms with Crippen LogP contribution in [0.25, 0.3) is 10.6 Å². The first-order valence-electron chi connectivity index (χ1n) is 11.7. The van der Waals surface area contributed by atoms with Gasteiger partial charge in [-0.05, 0) is 75.4 Å². The van der Waals surface area contributed by atoms with Gasteiger partial charge in [0.1, 0.15) is 5.01 Å². The van der Waals surface area contributed by atoms with Crippen molar-refractivity contribution >= 4 is 17.2 Å². The molecule has 0 saturated carbocycles. The number of carbonyl (C=O) groups is 1. The Morgan fingerprint density at radius 1 is 1.11 bits per heavy atom. The minimum absolute atomic E-state index is 0.296. The highest BCUT2D eigenvalue weighted by Gasteiger charge is 2.36. The number of halogens is 3. The number of amides is 1. The number of nitrogens with one attached hydrogen (secondary N) is 1. The number of carbonyl (C=O) groups excluding carboxylic acids is 1. The van der Waals surface area contributed by atoms with Gasteiger partial charge in [-0.25, -0.2) is 15.0 Å². The monoisotopic (exact) mass is 501 g/mol. The number of hydrogen-bond donors (Lipinski definition) is 1. The van der Waals surface area contributed by atoms with E-state index in [1.54, 1.807) is 18.3 Å². The molecule has 3 saturated heterocycles. The molecule has 6 rings (SSSR count). The van der Waals surface area contributed by atoms with Crippen LogP contribution in [0.5, 0.6) is 0 Å². The molecule has 2 bridgehead atoms. The van der Waals surface area contributed by atoms with Gasteiger partial charge in [-0.1, -0.05) is 0 Å². The van der Waals surface area contributed by atoms with E-state index < -0.39 is 18.0 Å². The van der Waals surface area contributed by atoms with Crippen molar-refractivity contribution in [2.24, 2.45) is 5.92 Å². The lowest BCUT2D eigenvalue weighted by molar-refractivity contribution is -0.145. The maximum Gasteiger partial charge on any atom is 0.451 e. The van der Waals surface area contributed by atoms with E-state index in [1.165, 1.54) is 0 Å². The molecular formula is C25H26F3N5OS. The Kier molecular flexibility index (Phi) is 6.35. The summed E-state index contributed by atoms with van der Waals surface area (Å²) in [7, 11) is 0. The van der Waals surface area contributed by atoms with E-state index in [0.717, 1.165) is 65.9 Å². The summed E-state index contributed by atoms with van der Waals surface area (Å²) in [6.45, 7) is 6.95. The van der Waals surface area contributed by atoms with Crippen LogP contribution in [0.15, 0.2) is 36.8 Å². The molecule has 3 fully saturated rings. The van der Waals surface area contributed by atoms with Crippen LogP contribution >= 0.6 is 11.3 Å². The lowest BCUT2D eigenvalue weighted by atomic mass is 9.75. The van der Waals surface area contributed by atoms with E-state index in [4.69, 9.17) is 0 Å². The number of alkyl halides is 3. The number of fused-ring (bicyclic) bond motifs is 3. The molecule has 1 aromatic carbocycles. The van der Waals surface area contributed by atoms with E-state index in [0.29, 0.717) is 23.0 Å². The van der Waals surface area contributed by atoms with E-state index in [2.05, 4.69) is 31.2 Å². The van der Waals surface area contributed by atoms with Crippen molar-refractivity contribution in [3.05, 3.63) is 64.2 Å². The Hall–Kier alpha value is -2.85. The molecule has 10 heteroatoms. The fourth-order valence-corrected chi connectivity index (χ4v) is 5.77. The summed E-state index contributed by atoms with van der Waals surface area (Å²) in [6, 6.07) is 5.40. The highest BCUT2D eigenvalue weighted by Crippen LogP contribution is 2.40. The maximum absolute atomic E-state index is 13.3. The normalized spacial score (nSPS) is 22.7. The molecule has 0 unspecified atom stereocenters. The zero-order valence-corrected chi connectivity index (χ0v) is 20.3. The van der Waals surface area contributed by atoms with Crippen molar-refractivity contribution in [2.45, 2.75) is 44.8 Å². The first-order valence-corrected chi connectivity index (χ1v) is 12.5. The molecule has 184 valence electrons. The molecule has 5 heterocycles. The first-order chi connectivity index (χ1) is 16.7. The van der Waals surface area contributed by atoms with Crippen molar-refractivity contribution in [3.63, 3.8) is 0 Å². The minimum Gasteiger partial charge on any atom is -0.345 e. The summed E-state index contributed by atoms with van der Waals surface area (Å²) in [5.41, 5.74) is 2.96. The fraction of sp³-hybridized carbons (Fsp3) is 0.440. The van der Waals surface area contributed by atoms with Crippen molar-refractivity contribution in [1.29, 1.82) is 0 Å². The zero-order chi connectivity index (χ0) is 24.7. The lowest BCUT2D eigenvalue weighted by Gasteiger charge is -2.45. The Morgan fingerprint density at radius 3 is 2.40 bits per heavy atom. The van der Waals surface area contributed by atoms with Gasteiger partial charge in [0.25, 0.3) is 5.91 Å². The van der Waals surface area contributed by atoms with Crippen molar-refractivity contribution in [3.8, 4) is 10.6 Å². The molecule has 0 aliphatic carbocycles. The number of nitrogens with zero attached hydrogens (tertiary/aromatic N) is 4. The molecule has 1 amide bonds. The standard InChI is InChI=1S/C25H26F3N5OS/c1-14-10-29-23(35-14)19-8-17(21-13-33-5-3-16(21)4-6-33)7-18(9-19)22(34)32-15(2)20-11-30-24(31-12-20)25(26,27)28/h7-12,15-16,21H,3-6,13H2,1-2H3,(H,32,34)/t15-,21-/m1/s1. The van der Waals surface area contributed by atoms with Crippen LogP contribution in [0.2, 0.25) is 0 Å². The van der Waals surface area contributed by atoms with Gasteiger partial charge in [0, 0.05) is 46.7 Å². The molecular weight excluding hydrogens is 475 g/mol. The zero-order valence-electron chi connectivity index (χ0n) is 19.5. The van der Waals surface area contributed by atoms with Crippen LogP contribution < -0.4 is 5.32 Å². The molecule has 2 aromatic heterocycles. The molecule has 3 aliphatic rings. The maximum atomic E-state index is 13.3. The predicted molar refractivity (Wildman–Crippen MR) is 127 cm³/mol. The molecule has 0 radical (unpaired) electrons. The average Bonchev–Trinajstić information content (AvgIpc) is 3.30. The number of benzene rings is 1. The number of aryl methyl sites for hydroxylation is 1. The van der Waals surface area contributed by atoms with Gasteiger partial charge in [0.15, 0.2) is 0 Å². The topological polar surface area (TPSA) is 71.0 Å². The van der Waals surface area contributed by atoms with Gasteiger partial charge >= 0.3 is 6.18 Å². The predicted octanol–water partition coefficient (Wildman–Crippen LogP) is 5.23. The Balaban J connectivity index is 1.42. The second-order valence-electron chi connectivity index (χ2n) is 9.40. The molecule has 0 spiro atoms. The summed E-state index contributed by atoms with van der Waals surface area (Å²) in [5.74, 6) is -0.526. The highest BCUT2D eigenvalue weighted by atomic mass is 32.1. The fourth-order valence-electron chi connectivity index (χ4n) is 5.02. The van der Waals surface area contributed by atoms with E-state index in [-0.39, 0.29) is 5.91 Å². The summed E-state index contributed by atoms with van der Waals surface area (Å²) in [4.78, 5) is 28.2. The SMILES string of the molecule is Cc1cnc(-c2cc(C(=O)N[C@H](C)c3cnc(C(F)(F)F)nc3)cc([C@@H]3CN4CCC3CC4)c2)s1. The van der Waals surface area contributed by atoms with Gasteiger partial charge in [0.05, 0.1) is 6.04 Å². The van der Waals surface area contributed by atoms with E-state index >= 15 is 0 Å². The molecule has 2 atom stereocenters. The van der Waals surface area contributed by atoms with Gasteiger partial charge in [-0.15, -0.1) is 11.3 Å². The molecule has 1 N–H and O–H groups in total. The largest absolute Gasteiger partial charge is 0.451 e. The van der Waals surface area contributed by atoms with Crippen LogP contribution in [0.3, 0.4) is 0 Å². The summed E-state index contributed by atoms with van der Waals surface area (Å²) >= 11 is 1.58. The molecule has 3 aliphatic heterocycles. The van der Waals surface area contributed by atoms with Crippen molar-refractivity contribution < 1.29 is 18.0 Å². The van der Waals surface area contributed by atoms with E-state index in [1.807, 2.05) is 25.3 Å². The smallest absolute Gasteiger partial charge is 0.345 e. The number of hydrogen-bond acceptors (Lipinski definition) is 6. The molecule has 35 heavy (non-hydrogen) atoms.